The van der Waals surface area contributed by atoms with Gasteiger partial charge in [0.05, 0.1) is 6.61 Å². The van der Waals surface area contributed by atoms with Crippen LogP contribution in [0, 0.1) is 0 Å². The lowest BCUT2D eigenvalue weighted by Gasteiger charge is -2.04. The number of unbranched alkanes of at least 4 members (excludes halogenated alkanes) is 13. The molecular weight excluding hydrogens is 288 g/mol. The summed E-state index contributed by atoms with van der Waals surface area (Å²) in [6.45, 7) is 2.90. The number of aliphatic hydroxyl groups excluding tert-OH is 1. The van der Waals surface area contributed by atoms with Crippen molar-refractivity contribution >= 4 is 5.97 Å². The molecule has 0 atom stereocenters. The van der Waals surface area contributed by atoms with E-state index in [-0.39, 0.29) is 12.6 Å². The van der Waals surface area contributed by atoms with E-state index in [9.17, 15) is 4.79 Å². The highest BCUT2D eigenvalue weighted by atomic mass is 16.5. The van der Waals surface area contributed by atoms with Crippen LogP contribution in [-0.2, 0) is 9.53 Å². The average Bonchev–Trinajstić information content (AvgIpc) is 2.56. The molecule has 0 saturated carbocycles. The quantitative estimate of drug-likeness (QED) is 0.256. The minimum Gasteiger partial charge on any atom is -0.466 e. The van der Waals surface area contributed by atoms with E-state index in [0.29, 0.717) is 19.4 Å². The Hall–Kier alpha value is -0.570. The standard InChI is InChI=1S/C20H40O3/c1-2-3-4-5-6-7-8-9-10-11-12-13-14-17-20(22)23-19-16-15-18-21/h21H,2-19H2,1H3. The van der Waals surface area contributed by atoms with Crippen LogP contribution >= 0.6 is 0 Å². The molecule has 1 N–H and O–H groups in total. The summed E-state index contributed by atoms with van der Waals surface area (Å²) in [6.07, 6.45) is 19.2. The van der Waals surface area contributed by atoms with Crippen molar-refractivity contribution in [3.63, 3.8) is 0 Å². The van der Waals surface area contributed by atoms with Crippen LogP contribution in [0.15, 0.2) is 0 Å². The molecule has 0 aromatic rings. The van der Waals surface area contributed by atoms with E-state index in [0.717, 1.165) is 19.3 Å². The molecular formula is C20H40O3. The van der Waals surface area contributed by atoms with Gasteiger partial charge in [0, 0.05) is 13.0 Å². The van der Waals surface area contributed by atoms with Gasteiger partial charge in [-0.25, -0.2) is 0 Å². The predicted molar refractivity (Wildman–Crippen MR) is 97.6 cm³/mol. The van der Waals surface area contributed by atoms with Gasteiger partial charge in [-0.3, -0.25) is 4.79 Å². The second-order valence-electron chi connectivity index (χ2n) is 6.64. The molecule has 0 radical (unpaired) electrons. The van der Waals surface area contributed by atoms with Crippen molar-refractivity contribution in [1.82, 2.24) is 0 Å². The zero-order valence-corrected chi connectivity index (χ0v) is 15.5. The molecule has 138 valence electrons. The van der Waals surface area contributed by atoms with Crippen LogP contribution in [0.2, 0.25) is 0 Å². The van der Waals surface area contributed by atoms with Crippen LogP contribution in [0.3, 0.4) is 0 Å². The highest BCUT2D eigenvalue weighted by molar-refractivity contribution is 5.69. The zero-order chi connectivity index (χ0) is 17.0. The first-order valence-corrected chi connectivity index (χ1v) is 10.1. The fourth-order valence-electron chi connectivity index (χ4n) is 2.76. The van der Waals surface area contributed by atoms with Gasteiger partial charge in [-0.2, -0.15) is 0 Å². The lowest BCUT2D eigenvalue weighted by atomic mass is 10.0. The molecule has 0 spiro atoms. The van der Waals surface area contributed by atoms with Crippen LogP contribution in [0.5, 0.6) is 0 Å². The summed E-state index contributed by atoms with van der Waals surface area (Å²) in [4.78, 5) is 11.4. The Bertz CT molecular complexity index is 241. The van der Waals surface area contributed by atoms with Crippen LogP contribution in [0.4, 0.5) is 0 Å². The van der Waals surface area contributed by atoms with E-state index in [4.69, 9.17) is 9.84 Å². The van der Waals surface area contributed by atoms with Gasteiger partial charge in [-0.1, -0.05) is 84.0 Å². The van der Waals surface area contributed by atoms with Crippen molar-refractivity contribution < 1.29 is 14.6 Å². The third-order valence-electron chi connectivity index (χ3n) is 4.30. The molecule has 3 heteroatoms. The molecule has 0 bridgehead atoms. The molecule has 0 rings (SSSR count). The Morgan fingerprint density at radius 3 is 1.65 bits per heavy atom. The van der Waals surface area contributed by atoms with Crippen molar-refractivity contribution in [2.75, 3.05) is 13.2 Å². The lowest BCUT2D eigenvalue weighted by Crippen LogP contribution is -2.06. The van der Waals surface area contributed by atoms with Crippen LogP contribution in [-0.4, -0.2) is 24.3 Å². The number of hydrogen-bond acceptors (Lipinski definition) is 3. The maximum Gasteiger partial charge on any atom is 0.305 e. The third kappa shape index (κ3) is 19.4. The summed E-state index contributed by atoms with van der Waals surface area (Å²) in [6, 6.07) is 0. The summed E-state index contributed by atoms with van der Waals surface area (Å²) in [5.41, 5.74) is 0. The molecule has 0 aliphatic rings. The Balaban J connectivity index is 3.08. The molecule has 0 saturated heterocycles. The molecule has 0 aromatic heterocycles. The molecule has 3 nitrogen and oxygen atoms in total. The molecule has 0 aromatic carbocycles. The molecule has 0 unspecified atom stereocenters. The Morgan fingerprint density at radius 1 is 0.696 bits per heavy atom. The predicted octanol–water partition coefficient (Wildman–Crippen LogP) is 5.78. The van der Waals surface area contributed by atoms with Gasteiger partial charge >= 0.3 is 5.97 Å². The summed E-state index contributed by atoms with van der Waals surface area (Å²) in [7, 11) is 0. The average molecular weight is 329 g/mol. The molecule has 0 amide bonds. The molecule has 0 heterocycles. The van der Waals surface area contributed by atoms with Crippen LogP contribution < -0.4 is 0 Å². The fraction of sp³-hybridized carbons (Fsp3) is 0.950. The largest absolute Gasteiger partial charge is 0.466 e. The minimum atomic E-state index is -0.0778. The second kappa shape index (κ2) is 19.5. The normalized spacial score (nSPS) is 10.9. The molecule has 0 fully saturated rings. The summed E-state index contributed by atoms with van der Waals surface area (Å²) < 4.78 is 5.10. The Kier molecular flexibility index (Phi) is 19.0. The molecule has 0 aliphatic carbocycles. The molecule has 0 aliphatic heterocycles. The first-order chi connectivity index (χ1) is 11.3. The van der Waals surface area contributed by atoms with E-state index in [1.807, 2.05) is 0 Å². The third-order valence-corrected chi connectivity index (χ3v) is 4.30. The van der Waals surface area contributed by atoms with Gasteiger partial charge in [0.15, 0.2) is 0 Å². The number of hydrogen-bond donors (Lipinski definition) is 1. The van der Waals surface area contributed by atoms with Gasteiger partial charge in [-0.05, 0) is 19.3 Å². The zero-order valence-electron chi connectivity index (χ0n) is 15.5. The fourth-order valence-corrected chi connectivity index (χ4v) is 2.76. The Labute approximate surface area is 144 Å². The van der Waals surface area contributed by atoms with Gasteiger partial charge in [0.25, 0.3) is 0 Å². The van der Waals surface area contributed by atoms with Crippen molar-refractivity contribution in [1.29, 1.82) is 0 Å². The lowest BCUT2D eigenvalue weighted by molar-refractivity contribution is -0.143. The van der Waals surface area contributed by atoms with Gasteiger partial charge in [0.1, 0.15) is 0 Å². The number of aliphatic hydroxyl groups is 1. The van der Waals surface area contributed by atoms with Gasteiger partial charge in [-0.15, -0.1) is 0 Å². The number of carbonyl (C=O) groups is 1. The summed E-state index contributed by atoms with van der Waals surface area (Å²) in [5, 5.41) is 8.63. The molecule has 23 heavy (non-hydrogen) atoms. The van der Waals surface area contributed by atoms with E-state index in [2.05, 4.69) is 6.92 Å². The van der Waals surface area contributed by atoms with Gasteiger partial charge < -0.3 is 9.84 Å². The number of esters is 1. The van der Waals surface area contributed by atoms with Crippen molar-refractivity contribution in [2.24, 2.45) is 0 Å². The number of carbonyl (C=O) groups excluding carboxylic acids is 1. The van der Waals surface area contributed by atoms with Crippen molar-refractivity contribution in [3.8, 4) is 0 Å². The smallest absolute Gasteiger partial charge is 0.305 e. The van der Waals surface area contributed by atoms with E-state index < -0.39 is 0 Å². The van der Waals surface area contributed by atoms with Crippen molar-refractivity contribution in [2.45, 2.75) is 110 Å². The monoisotopic (exact) mass is 328 g/mol. The van der Waals surface area contributed by atoms with E-state index >= 15 is 0 Å². The highest BCUT2D eigenvalue weighted by Crippen LogP contribution is 2.13. The topological polar surface area (TPSA) is 46.5 Å². The van der Waals surface area contributed by atoms with E-state index in [1.165, 1.54) is 70.6 Å². The maximum absolute atomic E-state index is 11.4. The second-order valence-corrected chi connectivity index (χ2v) is 6.64. The first-order valence-electron chi connectivity index (χ1n) is 10.1. The maximum atomic E-state index is 11.4. The SMILES string of the molecule is CCCCCCCCCCCCCCCC(=O)OCCCCO. The summed E-state index contributed by atoms with van der Waals surface area (Å²) >= 11 is 0. The van der Waals surface area contributed by atoms with Gasteiger partial charge in [0.2, 0.25) is 0 Å². The number of rotatable bonds is 18. The van der Waals surface area contributed by atoms with Crippen molar-refractivity contribution in [3.05, 3.63) is 0 Å². The Morgan fingerprint density at radius 2 is 1.17 bits per heavy atom. The minimum absolute atomic E-state index is 0.0778. The van der Waals surface area contributed by atoms with Crippen LogP contribution in [0.25, 0.3) is 0 Å². The highest BCUT2D eigenvalue weighted by Gasteiger charge is 2.02. The number of ether oxygens (including phenoxy) is 1. The van der Waals surface area contributed by atoms with Crippen LogP contribution in [0.1, 0.15) is 110 Å². The first kappa shape index (κ1) is 22.4. The summed E-state index contributed by atoms with van der Waals surface area (Å²) in [5.74, 6) is -0.0778. The van der Waals surface area contributed by atoms with E-state index in [1.54, 1.807) is 0 Å².